The van der Waals surface area contributed by atoms with Gasteiger partial charge in [-0.05, 0) is 57.2 Å². The first-order chi connectivity index (χ1) is 13.6. The molecule has 1 aromatic heterocycles. The van der Waals surface area contributed by atoms with Gasteiger partial charge in [-0.1, -0.05) is 45.1 Å². The Bertz CT molecular complexity index is 900. The Labute approximate surface area is 174 Å². The zero-order chi connectivity index (χ0) is 21.3. The highest BCUT2D eigenvalue weighted by Gasteiger charge is 2.27. The third kappa shape index (κ3) is 4.72. The maximum Gasteiger partial charge on any atom is 0.315 e. The summed E-state index contributed by atoms with van der Waals surface area (Å²) in [6.45, 7) is 14.8. The molecule has 3 rings (SSSR count). The molecule has 0 radical (unpaired) electrons. The molecular formula is C24H34N4O. The molecule has 2 aromatic rings. The third-order valence-electron chi connectivity index (χ3n) is 5.52. The highest BCUT2D eigenvalue weighted by Crippen LogP contribution is 2.34. The summed E-state index contributed by atoms with van der Waals surface area (Å²) >= 11 is 0. The number of nitrogens with zero attached hydrogens (tertiary/aromatic N) is 2. The molecule has 1 heterocycles. The molecule has 0 unspecified atom stereocenters. The number of allylic oxidation sites excluding steroid dienone is 1. The van der Waals surface area contributed by atoms with Gasteiger partial charge in [0, 0.05) is 29.3 Å². The fourth-order valence-electron chi connectivity index (χ4n) is 4.04. The second-order valence-electron chi connectivity index (χ2n) is 9.40. The molecule has 29 heavy (non-hydrogen) atoms. The predicted octanol–water partition coefficient (Wildman–Crippen LogP) is 4.91. The minimum absolute atomic E-state index is 0.0481. The molecule has 2 atom stereocenters. The van der Waals surface area contributed by atoms with Crippen molar-refractivity contribution < 1.29 is 4.79 Å². The number of carbonyl (C=O) groups excluding carboxylic acids is 1. The zero-order valence-electron chi connectivity index (χ0n) is 18.7. The SMILES string of the molecule is Cc1nn(-c2ccc(C(C)(C)C)cc2)c(C)c1[C@H]1C=C[C@@H](NC(=O)NC(C)C)C1. The van der Waals surface area contributed by atoms with Crippen LogP contribution in [0.15, 0.2) is 36.4 Å². The Balaban J connectivity index is 1.77. The van der Waals surface area contributed by atoms with Crippen molar-refractivity contribution in [3.05, 3.63) is 58.9 Å². The highest BCUT2D eigenvalue weighted by molar-refractivity contribution is 5.74. The van der Waals surface area contributed by atoms with Crippen LogP contribution in [0.2, 0.25) is 0 Å². The van der Waals surface area contributed by atoms with Crippen molar-refractivity contribution in [1.82, 2.24) is 20.4 Å². The Morgan fingerprint density at radius 2 is 1.79 bits per heavy atom. The third-order valence-corrected chi connectivity index (χ3v) is 5.52. The van der Waals surface area contributed by atoms with Gasteiger partial charge in [0.15, 0.2) is 0 Å². The number of nitrogens with one attached hydrogen (secondary N) is 2. The molecule has 5 heteroatoms. The smallest absolute Gasteiger partial charge is 0.315 e. The minimum atomic E-state index is -0.113. The van der Waals surface area contributed by atoms with Crippen LogP contribution in [0.25, 0.3) is 5.69 Å². The van der Waals surface area contributed by atoms with E-state index in [0.717, 1.165) is 23.5 Å². The van der Waals surface area contributed by atoms with Crippen molar-refractivity contribution in [3.8, 4) is 5.69 Å². The van der Waals surface area contributed by atoms with Crippen molar-refractivity contribution >= 4 is 6.03 Å². The largest absolute Gasteiger partial charge is 0.336 e. The van der Waals surface area contributed by atoms with E-state index in [1.54, 1.807) is 0 Å². The number of aromatic nitrogens is 2. The number of hydrogen-bond donors (Lipinski definition) is 2. The second-order valence-corrected chi connectivity index (χ2v) is 9.40. The summed E-state index contributed by atoms with van der Waals surface area (Å²) in [5.41, 5.74) is 6.00. The molecule has 0 saturated carbocycles. The van der Waals surface area contributed by atoms with Crippen LogP contribution in [0.3, 0.4) is 0 Å². The average Bonchev–Trinajstić information content (AvgIpc) is 3.17. The first kappa shape index (κ1) is 21.2. The number of rotatable bonds is 4. The molecule has 1 aliphatic rings. The van der Waals surface area contributed by atoms with Crippen LogP contribution in [-0.4, -0.2) is 27.9 Å². The summed E-state index contributed by atoms with van der Waals surface area (Å²) in [4.78, 5) is 12.0. The van der Waals surface area contributed by atoms with Crippen LogP contribution in [0.1, 0.15) is 69.5 Å². The summed E-state index contributed by atoms with van der Waals surface area (Å²) < 4.78 is 2.04. The lowest BCUT2D eigenvalue weighted by Crippen LogP contribution is -2.43. The summed E-state index contributed by atoms with van der Waals surface area (Å²) in [6.07, 6.45) is 5.16. The lowest BCUT2D eigenvalue weighted by Gasteiger charge is -2.19. The minimum Gasteiger partial charge on any atom is -0.336 e. The molecule has 156 valence electrons. The van der Waals surface area contributed by atoms with E-state index in [4.69, 9.17) is 5.10 Å². The van der Waals surface area contributed by atoms with Gasteiger partial charge >= 0.3 is 6.03 Å². The van der Waals surface area contributed by atoms with E-state index >= 15 is 0 Å². The Hall–Kier alpha value is -2.56. The van der Waals surface area contributed by atoms with Crippen molar-refractivity contribution in [1.29, 1.82) is 0 Å². The van der Waals surface area contributed by atoms with Crippen LogP contribution < -0.4 is 10.6 Å². The van der Waals surface area contributed by atoms with Crippen LogP contribution >= 0.6 is 0 Å². The fourth-order valence-corrected chi connectivity index (χ4v) is 4.04. The zero-order valence-corrected chi connectivity index (χ0v) is 18.7. The Kier molecular flexibility index (Phi) is 5.87. The van der Waals surface area contributed by atoms with Crippen LogP contribution in [0, 0.1) is 13.8 Å². The number of carbonyl (C=O) groups is 1. The van der Waals surface area contributed by atoms with Gasteiger partial charge in [0.25, 0.3) is 0 Å². The normalized spacial score (nSPS) is 19.0. The second kappa shape index (κ2) is 8.05. The van der Waals surface area contributed by atoms with E-state index < -0.39 is 0 Å². The number of amides is 2. The molecule has 1 aliphatic carbocycles. The number of urea groups is 1. The highest BCUT2D eigenvalue weighted by atomic mass is 16.2. The summed E-state index contributed by atoms with van der Waals surface area (Å²) in [7, 11) is 0. The molecule has 5 nitrogen and oxygen atoms in total. The van der Waals surface area contributed by atoms with Crippen LogP contribution in [0.5, 0.6) is 0 Å². The van der Waals surface area contributed by atoms with Crippen molar-refractivity contribution in [2.24, 2.45) is 0 Å². The molecule has 0 spiro atoms. The van der Waals surface area contributed by atoms with Gasteiger partial charge in [-0.3, -0.25) is 0 Å². The van der Waals surface area contributed by atoms with E-state index in [1.807, 2.05) is 18.5 Å². The van der Waals surface area contributed by atoms with E-state index in [-0.39, 0.29) is 29.4 Å². The van der Waals surface area contributed by atoms with Gasteiger partial charge in [0.05, 0.1) is 11.4 Å². The summed E-state index contributed by atoms with van der Waals surface area (Å²) in [6, 6.07) is 8.74. The van der Waals surface area contributed by atoms with Gasteiger partial charge in [-0.25, -0.2) is 9.48 Å². The number of hydrogen-bond acceptors (Lipinski definition) is 2. The van der Waals surface area contributed by atoms with Gasteiger partial charge in [-0.15, -0.1) is 0 Å². The first-order valence-electron chi connectivity index (χ1n) is 10.5. The molecule has 0 aliphatic heterocycles. The lowest BCUT2D eigenvalue weighted by atomic mass is 9.87. The maximum atomic E-state index is 12.0. The topological polar surface area (TPSA) is 59.0 Å². The van der Waals surface area contributed by atoms with E-state index in [9.17, 15) is 4.79 Å². The van der Waals surface area contributed by atoms with Crippen LogP contribution in [-0.2, 0) is 5.41 Å². The van der Waals surface area contributed by atoms with Crippen molar-refractivity contribution in [2.45, 2.75) is 78.3 Å². The first-order valence-corrected chi connectivity index (χ1v) is 10.5. The molecule has 1 aromatic carbocycles. The van der Waals surface area contributed by atoms with Crippen molar-refractivity contribution in [2.75, 3.05) is 0 Å². The van der Waals surface area contributed by atoms with Gasteiger partial charge in [0.2, 0.25) is 0 Å². The summed E-state index contributed by atoms with van der Waals surface area (Å²) in [5, 5.41) is 10.8. The molecule has 2 N–H and O–H groups in total. The maximum absolute atomic E-state index is 12.0. The Morgan fingerprint density at radius 3 is 2.38 bits per heavy atom. The van der Waals surface area contributed by atoms with E-state index in [0.29, 0.717) is 0 Å². The monoisotopic (exact) mass is 394 g/mol. The van der Waals surface area contributed by atoms with Gasteiger partial charge in [-0.2, -0.15) is 5.10 Å². The van der Waals surface area contributed by atoms with E-state index in [1.165, 1.54) is 11.1 Å². The quantitative estimate of drug-likeness (QED) is 0.724. The van der Waals surface area contributed by atoms with Crippen LogP contribution in [0.4, 0.5) is 4.79 Å². The Morgan fingerprint density at radius 1 is 1.14 bits per heavy atom. The summed E-state index contributed by atoms with van der Waals surface area (Å²) in [5.74, 6) is 0.266. The number of benzene rings is 1. The number of aryl methyl sites for hydroxylation is 1. The molecule has 2 amide bonds. The average molecular weight is 395 g/mol. The molecular weight excluding hydrogens is 360 g/mol. The lowest BCUT2D eigenvalue weighted by molar-refractivity contribution is 0.236. The van der Waals surface area contributed by atoms with E-state index in [2.05, 4.69) is 81.7 Å². The van der Waals surface area contributed by atoms with Gasteiger partial charge in [0.1, 0.15) is 0 Å². The molecule has 0 bridgehead atoms. The predicted molar refractivity (Wildman–Crippen MR) is 119 cm³/mol. The molecule has 0 saturated heterocycles. The van der Waals surface area contributed by atoms with Crippen molar-refractivity contribution in [3.63, 3.8) is 0 Å². The van der Waals surface area contributed by atoms with Gasteiger partial charge < -0.3 is 10.6 Å². The fraction of sp³-hybridized carbons (Fsp3) is 0.500. The molecule has 0 fully saturated rings. The standard InChI is InChI=1S/C24H34N4O/c1-15(2)25-23(29)26-20-11-8-18(14-20)22-16(3)27-28(17(22)4)21-12-9-19(10-13-21)24(5,6)7/h8-13,15,18,20H,14H2,1-7H3,(H2,25,26,29)/t18-,20+/m0/s1.